The summed E-state index contributed by atoms with van der Waals surface area (Å²) in [5, 5.41) is 1.24. The highest BCUT2D eigenvalue weighted by Crippen LogP contribution is 2.23. The Labute approximate surface area is 120 Å². The molecular formula is C14H26N4S. The molecule has 1 fully saturated rings. The molecule has 1 aliphatic rings. The van der Waals surface area contributed by atoms with Crippen LogP contribution in [0.3, 0.4) is 0 Å². The minimum atomic E-state index is 0.111. The third kappa shape index (κ3) is 3.99. The van der Waals surface area contributed by atoms with Crippen LogP contribution in [0.15, 0.2) is 0 Å². The van der Waals surface area contributed by atoms with Crippen LogP contribution in [0.5, 0.6) is 0 Å². The number of rotatable bonds is 5. The normalized spacial score (nSPS) is 19.8. The fourth-order valence-corrected chi connectivity index (χ4v) is 3.59. The van der Waals surface area contributed by atoms with Crippen LogP contribution >= 0.6 is 11.3 Å². The number of piperazine rings is 1. The summed E-state index contributed by atoms with van der Waals surface area (Å²) in [7, 11) is 0. The lowest BCUT2D eigenvalue weighted by atomic mass is 10.2. The maximum Gasteiger partial charge on any atom is 0.0944 e. The quantitative estimate of drug-likeness (QED) is 0.892. The lowest BCUT2D eigenvalue weighted by Crippen LogP contribution is -2.46. The van der Waals surface area contributed by atoms with Gasteiger partial charge in [0.1, 0.15) is 0 Å². The summed E-state index contributed by atoms with van der Waals surface area (Å²) in [6, 6.07) is 0.111. The highest BCUT2D eigenvalue weighted by Gasteiger charge is 2.16. The zero-order chi connectivity index (χ0) is 13.8. The molecule has 1 saturated heterocycles. The van der Waals surface area contributed by atoms with E-state index in [1.54, 1.807) is 11.3 Å². The van der Waals surface area contributed by atoms with Gasteiger partial charge in [-0.05, 0) is 20.4 Å². The number of hydrogen-bond donors (Lipinski definition) is 1. The van der Waals surface area contributed by atoms with E-state index in [4.69, 9.17) is 5.73 Å². The van der Waals surface area contributed by atoms with Gasteiger partial charge >= 0.3 is 0 Å². The lowest BCUT2D eigenvalue weighted by molar-refractivity contribution is 0.138. The predicted octanol–water partition coefficient (Wildman–Crippen LogP) is 1.65. The van der Waals surface area contributed by atoms with Crippen molar-refractivity contribution in [1.29, 1.82) is 0 Å². The highest BCUT2D eigenvalue weighted by atomic mass is 32.1. The minimum Gasteiger partial charge on any atom is -0.323 e. The van der Waals surface area contributed by atoms with Gasteiger partial charge in [-0.15, -0.1) is 11.3 Å². The molecule has 1 aromatic rings. The van der Waals surface area contributed by atoms with Crippen molar-refractivity contribution in [2.75, 3.05) is 39.3 Å². The van der Waals surface area contributed by atoms with E-state index in [-0.39, 0.29) is 6.04 Å². The first kappa shape index (κ1) is 14.9. The Balaban J connectivity index is 1.81. The Morgan fingerprint density at radius 3 is 2.42 bits per heavy atom. The number of aromatic nitrogens is 1. The van der Waals surface area contributed by atoms with Crippen molar-refractivity contribution in [3.63, 3.8) is 0 Å². The van der Waals surface area contributed by atoms with E-state index in [0.29, 0.717) is 0 Å². The maximum absolute atomic E-state index is 5.95. The molecule has 4 nitrogen and oxygen atoms in total. The minimum absolute atomic E-state index is 0.111. The maximum atomic E-state index is 5.95. The number of nitrogens with zero attached hydrogens (tertiary/aromatic N) is 3. The summed E-state index contributed by atoms with van der Waals surface area (Å²) in [5.74, 6) is 0. The zero-order valence-electron chi connectivity index (χ0n) is 12.4. The number of nitrogens with two attached hydrogens (primary N) is 1. The van der Waals surface area contributed by atoms with E-state index in [1.165, 1.54) is 42.6 Å². The summed E-state index contributed by atoms with van der Waals surface area (Å²) in [6.45, 7) is 13.4. The molecular weight excluding hydrogens is 256 g/mol. The van der Waals surface area contributed by atoms with E-state index >= 15 is 0 Å². The van der Waals surface area contributed by atoms with Gasteiger partial charge in [0.05, 0.1) is 10.7 Å². The third-order valence-electron chi connectivity index (χ3n) is 3.84. The molecule has 0 aliphatic carbocycles. The van der Waals surface area contributed by atoms with Crippen molar-refractivity contribution in [1.82, 2.24) is 14.8 Å². The van der Waals surface area contributed by atoms with E-state index in [2.05, 4.69) is 28.6 Å². The molecule has 1 aromatic heterocycles. The van der Waals surface area contributed by atoms with E-state index in [1.807, 2.05) is 6.92 Å². The van der Waals surface area contributed by atoms with Gasteiger partial charge in [-0.2, -0.15) is 0 Å². The summed E-state index contributed by atoms with van der Waals surface area (Å²) in [6.07, 6.45) is 1.06. The number of likely N-dealkylation sites (N-methyl/N-ethyl adjacent to an activating group) is 1. The second kappa shape index (κ2) is 6.79. The molecule has 5 heteroatoms. The standard InChI is InChI=1S/C14H26N4S/c1-4-17-7-9-18(10-8-17)6-5-13-16-12(3)14(19-13)11(2)15/h11H,4-10,15H2,1-3H3. The van der Waals surface area contributed by atoms with Crippen LogP contribution < -0.4 is 5.73 Å². The molecule has 2 heterocycles. The van der Waals surface area contributed by atoms with Crippen molar-refractivity contribution in [3.8, 4) is 0 Å². The van der Waals surface area contributed by atoms with E-state index < -0.39 is 0 Å². The first-order valence-corrected chi connectivity index (χ1v) is 8.08. The van der Waals surface area contributed by atoms with Gasteiger partial charge in [-0.1, -0.05) is 6.92 Å². The molecule has 0 aromatic carbocycles. The van der Waals surface area contributed by atoms with Gasteiger partial charge in [0, 0.05) is 50.1 Å². The molecule has 0 spiro atoms. The summed E-state index contributed by atoms with van der Waals surface area (Å²) < 4.78 is 0. The molecule has 0 amide bonds. The number of thiazole rings is 1. The van der Waals surface area contributed by atoms with Crippen LogP contribution in [0.4, 0.5) is 0 Å². The Bertz CT molecular complexity index is 394. The fourth-order valence-electron chi connectivity index (χ4n) is 2.58. The number of hydrogen-bond acceptors (Lipinski definition) is 5. The smallest absolute Gasteiger partial charge is 0.0944 e. The van der Waals surface area contributed by atoms with Crippen LogP contribution in [0, 0.1) is 6.92 Å². The topological polar surface area (TPSA) is 45.4 Å². The number of aryl methyl sites for hydroxylation is 1. The molecule has 2 N–H and O–H groups in total. The van der Waals surface area contributed by atoms with Gasteiger partial charge in [0.2, 0.25) is 0 Å². The van der Waals surface area contributed by atoms with Crippen molar-refractivity contribution >= 4 is 11.3 Å². The van der Waals surface area contributed by atoms with Crippen molar-refractivity contribution in [3.05, 3.63) is 15.6 Å². The Kier molecular flexibility index (Phi) is 5.33. The molecule has 2 rings (SSSR count). The van der Waals surface area contributed by atoms with Gasteiger partial charge in [0.15, 0.2) is 0 Å². The Hall–Kier alpha value is -0.490. The lowest BCUT2D eigenvalue weighted by Gasteiger charge is -2.33. The summed E-state index contributed by atoms with van der Waals surface area (Å²) in [5.41, 5.74) is 7.07. The van der Waals surface area contributed by atoms with Crippen LogP contribution in [-0.2, 0) is 6.42 Å². The Morgan fingerprint density at radius 2 is 1.89 bits per heavy atom. The molecule has 0 radical (unpaired) electrons. The summed E-state index contributed by atoms with van der Waals surface area (Å²) in [4.78, 5) is 11.0. The highest BCUT2D eigenvalue weighted by molar-refractivity contribution is 7.11. The first-order chi connectivity index (χ1) is 9.10. The zero-order valence-corrected chi connectivity index (χ0v) is 13.2. The van der Waals surface area contributed by atoms with Crippen LogP contribution in [0.2, 0.25) is 0 Å². The van der Waals surface area contributed by atoms with Crippen LogP contribution in [0.1, 0.15) is 35.5 Å². The SMILES string of the molecule is CCN1CCN(CCc2nc(C)c(C(C)N)s2)CC1. The van der Waals surface area contributed by atoms with Gasteiger partial charge in [0.25, 0.3) is 0 Å². The van der Waals surface area contributed by atoms with E-state index in [9.17, 15) is 0 Å². The second-order valence-corrected chi connectivity index (χ2v) is 6.49. The van der Waals surface area contributed by atoms with Crippen LogP contribution in [-0.4, -0.2) is 54.1 Å². The van der Waals surface area contributed by atoms with Gasteiger partial charge in [-0.25, -0.2) is 4.98 Å². The molecule has 1 aliphatic heterocycles. The second-order valence-electron chi connectivity index (χ2n) is 5.37. The fraction of sp³-hybridized carbons (Fsp3) is 0.786. The van der Waals surface area contributed by atoms with Crippen molar-refractivity contribution in [2.45, 2.75) is 33.2 Å². The molecule has 1 atom stereocenters. The molecule has 0 bridgehead atoms. The first-order valence-electron chi connectivity index (χ1n) is 7.26. The monoisotopic (exact) mass is 282 g/mol. The molecule has 108 valence electrons. The van der Waals surface area contributed by atoms with Crippen molar-refractivity contribution < 1.29 is 0 Å². The summed E-state index contributed by atoms with van der Waals surface area (Å²) >= 11 is 1.79. The average molecular weight is 282 g/mol. The molecule has 1 unspecified atom stereocenters. The van der Waals surface area contributed by atoms with Gasteiger partial charge in [-0.3, -0.25) is 0 Å². The van der Waals surface area contributed by atoms with Crippen LogP contribution in [0.25, 0.3) is 0 Å². The molecule has 0 saturated carbocycles. The van der Waals surface area contributed by atoms with Crippen molar-refractivity contribution in [2.24, 2.45) is 5.73 Å². The Morgan fingerprint density at radius 1 is 1.26 bits per heavy atom. The van der Waals surface area contributed by atoms with E-state index in [0.717, 1.165) is 18.7 Å². The molecule has 19 heavy (non-hydrogen) atoms. The third-order valence-corrected chi connectivity index (χ3v) is 5.26. The predicted molar refractivity (Wildman–Crippen MR) is 81.7 cm³/mol. The van der Waals surface area contributed by atoms with Gasteiger partial charge < -0.3 is 15.5 Å². The average Bonchev–Trinajstić information content (AvgIpc) is 2.78. The largest absolute Gasteiger partial charge is 0.323 e.